The fourth-order valence-corrected chi connectivity index (χ4v) is 2.36. The Morgan fingerprint density at radius 2 is 1.58 bits per heavy atom. The molecule has 0 aromatic heterocycles. The predicted molar refractivity (Wildman–Crippen MR) is 41.7 cm³/mol. The molecule has 4 nitrogen and oxygen atoms in total. The summed E-state index contributed by atoms with van der Waals surface area (Å²) in [5.74, 6) is 0.919. The lowest BCUT2D eigenvalue weighted by atomic mass is 9.76. The molecule has 12 heavy (non-hydrogen) atoms. The first-order chi connectivity index (χ1) is 5.67. The minimum absolute atomic E-state index is 0.294. The zero-order valence-electron chi connectivity index (χ0n) is 6.73. The van der Waals surface area contributed by atoms with Crippen molar-refractivity contribution >= 4 is 10.4 Å². The third-order valence-corrected chi connectivity index (χ3v) is 3.52. The van der Waals surface area contributed by atoms with Gasteiger partial charge in [-0.05, 0) is 5.92 Å². The highest BCUT2D eigenvalue weighted by Crippen LogP contribution is 2.35. The quantitative estimate of drug-likeness (QED) is 0.613. The summed E-state index contributed by atoms with van der Waals surface area (Å²) in [5, 5.41) is 0. The molecule has 1 saturated heterocycles. The van der Waals surface area contributed by atoms with E-state index in [4.69, 9.17) is 0 Å². The third-order valence-electron chi connectivity index (χ3n) is 2.67. The number of rotatable bonds is 1. The lowest BCUT2D eigenvalue weighted by molar-refractivity contribution is 0.0436. The minimum Gasteiger partial charge on any atom is -0.248 e. The second-order valence-corrected chi connectivity index (χ2v) is 4.72. The lowest BCUT2D eigenvalue weighted by Crippen LogP contribution is -2.35. The van der Waals surface area contributed by atoms with Crippen LogP contribution < -0.4 is 0 Å². The van der Waals surface area contributed by atoms with Gasteiger partial charge in [-0.15, -0.1) is 0 Å². The fourth-order valence-electron chi connectivity index (χ4n) is 1.61. The molecule has 1 aliphatic carbocycles. The van der Waals surface area contributed by atoms with Crippen molar-refractivity contribution in [3.8, 4) is 0 Å². The van der Waals surface area contributed by atoms with Crippen molar-refractivity contribution in [3.05, 3.63) is 0 Å². The molecule has 1 saturated carbocycles. The molecule has 5 heteroatoms. The molecular formula is C7H12O4S. The van der Waals surface area contributed by atoms with Gasteiger partial charge in [0, 0.05) is 5.92 Å². The van der Waals surface area contributed by atoms with Gasteiger partial charge in [-0.1, -0.05) is 19.3 Å². The van der Waals surface area contributed by atoms with Gasteiger partial charge >= 0.3 is 10.4 Å². The molecule has 1 heterocycles. The van der Waals surface area contributed by atoms with E-state index < -0.39 is 10.4 Å². The van der Waals surface area contributed by atoms with E-state index in [-0.39, 0.29) is 0 Å². The van der Waals surface area contributed by atoms with Crippen LogP contribution >= 0.6 is 0 Å². The van der Waals surface area contributed by atoms with Crippen molar-refractivity contribution in [3.63, 3.8) is 0 Å². The van der Waals surface area contributed by atoms with Gasteiger partial charge in [0.1, 0.15) is 0 Å². The second-order valence-electron chi connectivity index (χ2n) is 3.43. The van der Waals surface area contributed by atoms with E-state index in [1.807, 2.05) is 0 Å². The first kappa shape index (κ1) is 8.47. The number of hydrogen-bond donors (Lipinski definition) is 0. The molecule has 2 rings (SSSR count). The highest BCUT2D eigenvalue weighted by Gasteiger charge is 2.33. The van der Waals surface area contributed by atoms with Gasteiger partial charge in [-0.2, -0.15) is 8.42 Å². The maximum Gasteiger partial charge on any atom is 0.399 e. The lowest BCUT2D eigenvalue weighted by Gasteiger charge is -2.34. The van der Waals surface area contributed by atoms with Crippen LogP contribution in [-0.2, 0) is 18.8 Å². The Morgan fingerprint density at radius 1 is 1.00 bits per heavy atom. The largest absolute Gasteiger partial charge is 0.399 e. The van der Waals surface area contributed by atoms with Gasteiger partial charge in [0.2, 0.25) is 0 Å². The molecule has 0 aromatic rings. The topological polar surface area (TPSA) is 52.6 Å². The highest BCUT2D eigenvalue weighted by molar-refractivity contribution is 7.81. The van der Waals surface area contributed by atoms with Crippen LogP contribution in [0.4, 0.5) is 0 Å². The van der Waals surface area contributed by atoms with Crippen molar-refractivity contribution < 1.29 is 16.8 Å². The Hall–Kier alpha value is -0.130. The van der Waals surface area contributed by atoms with E-state index in [1.54, 1.807) is 0 Å². The van der Waals surface area contributed by atoms with Gasteiger partial charge in [0.05, 0.1) is 13.2 Å². The van der Waals surface area contributed by atoms with Crippen LogP contribution in [-0.4, -0.2) is 21.6 Å². The first-order valence-electron chi connectivity index (χ1n) is 4.21. The monoisotopic (exact) mass is 192 g/mol. The van der Waals surface area contributed by atoms with E-state index in [0.29, 0.717) is 25.0 Å². The summed E-state index contributed by atoms with van der Waals surface area (Å²) in [6, 6.07) is 0. The molecule has 70 valence electrons. The predicted octanol–water partition coefficient (Wildman–Crippen LogP) is 0.694. The fraction of sp³-hybridized carbons (Fsp3) is 1.00. The van der Waals surface area contributed by atoms with E-state index in [1.165, 1.54) is 19.3 Å². The molecule has 0 unspecified atom stereocenters. The van der Waals surface area contributed by atoms with Crippen molar-refractivity contribution in [1.82, 2.24) is 0 Å². The van der Waals surface area contributed by atoms with Gasteiger partial charge in [0.15, 0.2) is 0 Å². The Balaban J connectivity index is 1.89. The molecule has 0 radical (unpaired) electrons. The van der Waals surface area contributed by atoms with Crippen LogP contribution in [0.3, 0.4) is 0 Å². The molecule has 1 aliphatic heterocycles. The van der Waals surface area contributed by atoms with Crippen LogP contribution in [0.25, 0.3) is 0 Å². The maximum absolute atomic E-state index is 10.7. The van der Waals surface area contributed by atoms with Crippen LogP contribution in [0.15, 0.2) is 0 Å². The standard InChI is InChI=1S/C7H12O4S/c8-12(9)10-4-7(5-11-12)6-2-1-3-6/h6-7H,1-5H2. The first-order valence-corrected chi connectivity index (χ1v) is 5.54. The molecule has 0 N–H and O–H groups in total. The average molecular weight is 192 g/mol. The SMILES string of the molecule is O=S1(=O)OCC(C2CCC2)CO1. The Labute approximate surface area is 72.2 Å². The van der Waals surface area contributed by atoms with Crippen molar-refractivity contribution in [2.24, 2.45) is 11.8 Å². The molecular weight excluding hydrogens is 180 g/mol. The van der Waals surface area contributed by atoms with Crippen LogP contribution in [0.1, 0.15) is 19.3 Å². The van der Waals surface area contributed by atoms with Crippen LogP contribution in [0, 0.1) is 11.8 Å². The van der Waals surface area contributed by atoms with Gasteiger partial charge < -0.3 is 0 Å². The molecule has 0 amide bonds. The van der Waals surface area contributed by atoms with Crippen molar-refractivity contribution in [2.45, 2.75) is 19.3 Å². The molecule has 0 spiro atoms. The summed E-state index contributed by atoms with van der Waals surface area (Å²) in [5.41, 5.74) is 0. The van der Waals surface area contributed by atoms with Crippen LogP contribution in [0.5, 0.6) is 0 Å². The second kappa shape index (κ2) is 2.97. The minimum atomic E-state index is -3.63. The smallest absolute Gasteiger partial charge is 0.248 e. The zero-order chi connectivity index (χ0) is 8.60. The van der Waals surface area contributed by atoms with Crippen LogP contribution in [0.2, 0.25) is 0 Å². The Morgan fingerprint density at radius 3 is 2.00 bits per heavy atom. The maximum atomic E-state index is 10.7. The summed E-state index contributed by atoms with van der Waals surface area (Å²) >= 11 is 0. The van der Waals surface area contributed by atoms with Gasteiger partial charge in [0.25, 0.3) is 0 Å². The van der Waals surface area contributed by atoms with E-state index in [9.17, 15) is 8.42 Å². The van der Waals surface area contributed by atoms with E-state index in [0.717, 1.165) is 0 Å². The summed E-state index contributed by atoms with van der Waals surface area (Å²) < 4.78 is 30.5. The summed E-state index contributed by atoms with van der Waals surface area (Å²) in [4.78, 5) is 0. The van der Waals surface area contributed by atoms with Crippen molar-refractivity contribution in [1.29, 1.82) is 0 Å². The van der Waals surface area contributed by atoms with Crippen molar-refractivity contribution in [2.75, 3.05) is 13.2 Å². The molecule has 2 fully saturated rings. The Kier molecular flexibility index (Phi) is 2.10. The molecule has 2 aliphatic rings. The van der Waals surface area contributed by atoms with E-state index >= 15 is 0 Å². The summed E-state index contributed by atoms with van der Waals surface area (Å²) in [6.45, 7) is 0.625. The molecule has 0 bridgehead atoms. The summed E-state index contributed by atoms with van der Waals surface area (Å²) in [7, 11) is -3.63. The normalized spacial score (nSPS) is 31.3. The Bertz CT molecular complexity index is 241. The molecule has 0 atom stereocenters. The average Bonchev–Trinajstić information content (AvgIpc) is 1.89. The third kappa shape index (κ3) is 1.62. The molecule has 0 aromatic carbocycles. The number of hydrogen-bond acceptors (Lipinski definition) is 4. The van der Waals surface area contributed by atoms with Gasteiger partial charge in [-0.25, -0.2) is 8.37 Å². The summed E-state index contributed by atoms with van der Waals surface area (Å²) in [6.07, 6.45) is 3.64. The van der Waals surface area contributed by atoms with E-state index in [2.05, 4.69) is 8.37 Å². The zero-order valence-corrected chi connectivity index (χ0v) is 7.55. The van der Waals surface area contributed by atoms with Gasteiger partial charge in [-0.3, -0.25) is 0 Å². The highest BCUT2D eigenvalue weighted by atomic mass is 32.3.